The molecule has 0 aliphatic carbocycles. The fourth-order valence-electron chi connectivity index (χ4n) is 0.414. The van der Waals surface area contributed by atoms with Crippen LogP contribution in [0.2, 0.25) is 0 Å². The van der Waals surface area contributed by atoms with Gasteiger partial charge in [0.1, 0.15) is 6.42 Å². The van der Waals surface area contributed by atoms with E-state index in [2.05, 4.69) is 12.3 Å². The molecule has 1 heterocycles. The van der Waals surface area contributed by atoms with Crippen LogP contribution in [0.4, 0.5) is 0 Å². The van der Waals surface area contributed by atoms with Gasteiger partial charge in [0.15, 0.2) is 0 Å². The van der Waals surface area contributed by atoms with Gasteiger partial charge in [-0.25, -0.2) is 0 Å². The standard InChI is InChI=1S/C4H5NO2.C3H4/c1-5-3(6)2-4(5)7;1-3-2/h2H2,1H3;1H,2H3. The predicted molar refractivity (Wildman–Crippen MR) is 36.9 cm³/mol. The van der Waals surface area contributed by atoms with Crippen molar-refractivity contribution in [1.29, 1.82) is 0 Å². The van der Waals surface area contributed by atoms with Crippen LogP contribution in [0.5, 0.6) is 0 Å². The van der Waals surface area contributed by atoms with E-state index in [1.165, 1.54) is 7.05 Å². The molecule has 0 atom stereocenters. The number of hydrogen-bond donors (Lipinski definition) is 0. The highest BCUT2D eigenvalue weighted by Crippen LogP contribution is 2.05. The van der Waals surface area contributed by atoms with E-state index in [9.17, 15) is 9.59 Å². The number of carbonyl (C=O) groups excluding carboxylic acids is 2. The third-order valence-electron chi connectivity index (χ3n) is 1.05. The summed E-state index contributed by atoms with van der Waals surface area (Å²) >= 11 is 0. The lowest BCUT2D eigenvalue weighted by Gasteiger charge is -2.22. The van der Waals surface area contributed by atoms with Gasteiger partial charge in [0, 0.05) is 7.05 Å². The van der Waals surface area contributed by atoms with Crippen molar-refractivity contribution < 1.29 is 9.59 Å². The highest BCUT2D eigenvalue weighted by atomic mass is 16.2. The summed E-state index contributed by atoms with van der Waals surface area (Å²) in [7, 11) is 1.48. The van der Waals surface area contributed by atoms with E-state index < -0.39 is 0 Å². The van der Waals surface area contributed by atoms with Crippen molar-refractivity contribution in [3.8, 4) is 12.3 Å². The lowest BCUT2D eigenvalue weighted by Crippen LogP contribution is -2.45. The Morgan fingerprint density at radius 2 is 1.80 bits per heavy atom. The maximum Gasteiger partial charge on any atom is 0.238 e. The van der Waals surface area contributed by atoms with E-state index in [4.69, 9.17) is 0 Å². The van der Waals surface area contributed by atoms with Crippen molar-refractivity contribution in [3.63, 3.8) is 0 Å². The van der Waals surface area contributed by atoms with Gasteiger partial charge in [-0.2, -0.15) is 0 Å². The molecule has 3 nitrogen and oxygen atoms in total. The minimum absolute atomic E-state index is 0.0787. The van der Waals surface area contributed by atoms with Gasteiger partial charge in [-0.1, -0.05) is 0 Å². The van der Waals surface area contributed by atoms with E-state index in [0.29, 0.717) is 0 Å². The van der Waals surface area contributed by atoms with Gasteiger partial charge in [-0.3, -0.25) is 14.5 Å². The average Bonchev–Trinajstić information content (AvgIpc) is 1.90. The summed E-state index contributed by atoms with van der Waals surface area (Å²) in [6.07, 6.45) is 4.70. The van der Waals surface area contributed by atoms with Crippen LogP contribution in [-0.4, -0.2) is 23.8 Å². The number of β-lactam (4-membered cyclic amide) rings is 2. The molecule has 0 radical (unpaired) electrons. The van der Waals surface area contributed by atoms with E-state index in [1.54, 1.807) is 6.92 Å². The van der Waals surface area contributed by atoms with Crippen LogP contribution in [0.1, 0.15) is 13.3 Å². The van der Waals surface area contributed by atoms with Crippen LogP contribution in [0.15, 0.2) is 0 Å². The number of hydrogen-bond acceptors (Lipinski definition) is 2. The fourth-order valence-corrected chi connectivity index (χ4v) is 0.414. The summed E-state index contributed by atoms with van der Waals surface area (Å²) in [5.41, 5.74) is 0. The molecule has 0 spiro atoms. The molecule has 1 saturated heterocycles. The topological polar surface area (TPSA) is 37.4 Å². The third-order valence-corrected chi connectivity index (χ3v) is 1.05. The summed E-state index contributed by atoms with van der Waals surface area (Å²) in [5.74, 6) is 2.09. The van der Waals surface area contributed by atoms with E-state index in [0.717, 1.165) is 4.90 Å². The number of amides is 2. The normalized spacial score (nSPS) is 14.7. The minimum atomic E-state index is -0.0787. The third kappa shape index (κ3) is 1.90. The maximum atomic E-state index is 10.1. The predicted octanol–water partition coefficient (Wildman–Crippen LogP) is 0.0146. The first-order valence-electron chi connectivity index (χ1n) is 2.80. The molecule has 0 N–H and O–H groups in total. The number of rotatable bonds is 0. The molecular weight excluding hydrogens is 130 g/mol. The van der Waals surface area contributed by atoms with Gasteiger partial charge in [0.2, 0.25) is 11.8 Å². The first kappa shape index (κ1) is 8.70. The molecule has 0 bridgehead atoms. The number of imide groups is 1. The highest BCUT2D eigenvalue weighted by molar-refractivity contribution is 6.14. The second-order valence-corrected chi connectivity index (χ2v) is 1.81. The van der Waals surface area contributed by atoms with Crippen LogP contribution in [0, 0.1) is 12.3 Å². The van der Waals surface area contributed by atoms with Crippen LogP contribution >= 0.6 is 0 Å². The molecule has 1 fully saturated rings. The molecule has 3 heteroatoms. The molecule has 0 aromatic heterocycles. The molecule has 0 aromatic rings. The second kappa shape index (κ2) is 3.67. The van der Waals surface area contributed by atoms with Crippen LogP contribution in [0.25, 0.3) is 0 Å². The zero-order valence-electron chi connectivity index (χ0n) is 6.05. The molecular formula is C7H9NO2. The average molecular weight is 139 g/mol. The van der Waals surface area contributed by atoms with Gasteiger partial charge in [-0.05, 0) is 6.92 Å². The molecule has 1 aliphatic rings. The van der Waals surface area contributed by atoms with Crippen molar-refractivity contribution in [2.45, 2.75) is 13.3 Å². The van der Waals surface area contributed by atoms with Crippen LogP contribution in [-0.2, 0) is 9.59 Å². The Bertz CT molecular complexity index is 176. The first-order valence-corrected chi connectivity index (χ1v) is 2.80. The lowest BCUT2D eigenvalue weighted by atomic mass is 10.2. The molecule has 0 aromatic carbocycles. The van der Waals surface area contributed by atoms with Gasteiger partial charge in [-0.15, -0.1) is 12.3 Å². The lowest BCUT2D eigenvalue weighted by molar-refractivity contribution is -0.155. The van der Waals surface area contributed by atoms with E-state index in [1.807, 2.05) is 0 Å². The smallest absolute Gasteiger partial charge is 0.238 e. The molecule has 10 heavy (non-hydrogen) atoms. The van der Waals surface area contributed by atoms with Gasteiger partial charge < -0.3 is 0 Å². The van der Waals surface area contributed by atoms with E-state index >= 15 is 0 Å². The Morgan fingerprint density at radius 1 is 1.50 bits per heavy atom. The van der Waals surface area contributed by atoms with Crippen molar-refractivity contribution in [3.05, 3.63) is 0 Å². The summed E-state index contributed by atoms with van der Waals surface area (Å²) in [6.45, 7) is 1.65. The van der Waals surface area contributed by atoms with Crippen molar-refractivity contribution >= 4 is 11.8 Å². The molecule has 0 unspecified atom stereocenters. The largest absolute Gasteiger partial charge is 0.285 e. The van der Waals surface area contributed by atoms with Crippen molar-refractivity contribution in [2.24, 2.45) is 0 Å². The number of likely N-dealkylation sites (tertiary alicyclic amines) is 1. The quantitative estimate of drug-likeness (QED) is 0.269. The first-order chi connectivity index (χ1) is 4.63. The minimum Gasteiger partial charge on any atom is -0.285 e. The van der Waals surface area contributed by atoms with Crippen molar-refractivity contribution in [1.82, 2.24) is 4.90 Å². The molecule has 2 amide bonds. The Labute approximate surface area is 60.0 Å². The summed E-state index contributed by atoms with van der Waals surface area (Å²) < 4.78 is 0. The summed E-state index contributed by atoms with van der Waals surface area (Å²) in [5, 5.41) is 0. The van der Waals surface area contributed by atoms with Gasteiger partial charge in [0.05, 0.1) is 0 Å². The monoisotopic (exact) mass is 139 g/mol. The second-order valence-electron chi connectivity index (χ2n) is 1.81. The van der Waals surface area contributed by atoms with Crippen molar-refractivity contribution in [2.75, 3.05) is 7.05 Å². The number of nitrogens with zero attached hydrogens (tertiary/aromatic N) is 1. The fraction of sp³-hybridized carbons (Fsp3) is 0.429. The zero-order chi connectivity index (χ0) is 8.15. The molecule has 0 saturated carbocycles. The Hall–Kier alpha value is -1.30. The maximum absolute atomic E-state index is 10.1. The highest BCUT2D eigenvalue weighted by Gasteiger charge is 2.29. The Balaban J connectivity index is 0.000000236. The van der Waals surface area contributed by atoms with Gasteiger partial charge in [0.25, 0.3) is 0 Å². The summed E-state index contributed by atoms with van der Waals surface area (Å²) in [4.78, 5) is 21.4. The molecule has 54 valence electrons. The Morgan fingerprint density at radius 3 is 1.80 bits per heavy atom. The molecule has 1 aliphatic heterocycles. The van der Waals surface area contributed by atoms with E-state index in [-0.39, 0.29) is 18.2 Å². The van der Waals surface area contributed by atoms with Crippen LogP contribution in [0.3, 0.4) is 0 Å². The van der Waals surface area contributed by atoms with Gasteiger partial charge >= 0.3 is 0 Å². The molecule has 1 rings (SSSR count). The summed E-state index contributed by atoms with van der Waals surface area (Å²) in [6, 6.07) is 0. The number of carbonyl (C=O) groups is 2. The zero-order valence-corrected chi connectivity index (χ0v) is 6.05. The van der Waals surface area contributed by atoms with Crippen LogP contribution < -0.4 is 0 Å². The Kier molecular flexibility index (Phi) is 3.20. The SMILES string of the molecule is C#CC.CN1C(=O)CC1=O. The number of terminal acetylenes is 1.